The van der Waals surface area contributed by atoms with Gasteiger partial charge < -0.3 is 19.0 Å². The van der Waals surface area contributed by atoms with E-state index in [-0.39, 0.29) is 11.1 Å². The molecule has 0 aromatic heterocycles. The van der Waals surface area contributed by atoms with E-state index in [9.17, 15) is 0 Å². The van der Waals surface area contributed by atoms with Gasteiger partial charge in [0, 0.05) is 18.6 Å². The zero-order valence-electron chi connectivity index (χ0n) is 18.6. The first-order valence-corrected chi connectivity index (χ1v) is 12.2. The summed E-state index contributed by atoms with van der Waals surface area (Å²) in [4.78, 5) is 5.32. The molecule has 0 saturated carbocycles. The third kappa shape index (κ3) is 9.90. The minimum absolute atomic E-state index is 0.123. The van der Waals surface area contributed by atoms with Crippen molar-refractivity contribution in [1.82, 2.24) is 0 Å². The van der Waals surface area contributed by atoms with Crippen molar-refractivity contribution in [2.75, 3.05) is 19.8 Å². The van der Waals surface area contributed by atoms with E-state index in [2.05, 4.69) is 5.16 Å². The number of hydrogen-bond acceptors (Lipinski definition) is 5. The smallest absolute Gasteiger partial charge is 0.156 e. The Hall–Kier alpha value is -2.57. The molecule has 9 heteroatoms. The fourth-order valence-electron chi connectivity index (χ4n) is 2.82. The largest absolute Gasteiger partial charge is 0.493 e. The van der Waals surface area contributed by atoms with Crippen molar-refractivity contribution in [2.24, 2.45) is 5.16 Å². The molecule has 0 bridgehead atoms. The first-order valence-electron chi connectivity index (χ1n) is 10.7. The third-order valence-corrected chi connectivity index (χ3v) is 5.36. The van der Waals surface area contributed by atoms with Gasteiger partial charge in [-0.15, -0.1) is 0 Å². The molecule has 0 aliphatic carbocycles. The van der Waals surface area contributed by atoms with Gasteiger partial charge in [-0.25, -0.2) is 0 Å². The molecule has 0 aliphatic rings. The topological polar surface area (TPSA) is 49.3 Å². The molecule has 184 valence electrons. The van der Waals surface area contributed by atoms with Gasteiger partial charge in [-0.3, -0.25) is 0 Å². The van der Waals surface area contributed by atoms with Crippen LogP contribution in [0.3, 0.4) is 0 Å². The Kier molecular flexibility index (Phi) is 11.4. The summed E-state index contributed by atoms with van der Waals surface area (Å²) in [6.07, 6.45) is 3.81. The number of halogens is 4. The molecule has 35 heavy (non-hydrogen) atoms. The van der Waals surface area contributed by atoms with Crippen LogP contribution < -0.4 is 14.2 Å². The molecule has 0 spiro atoms. The maximum Gasteiger partial charge on any atom is 0.156 e. The standard InChI is InChI=1S/C26H23Cl4NO4/c27-23-15-22(33-14-11-25(29)30)16-24(28)26(23)34-13-4-12-32-21-9-7-19(8-10-21)17-31-35-18-20-5-2-1-3-6-20/h1-3,5-11,15-17H,4,12-14,18H2/b31-17+. The SMILES string of the molecule is ClC(Cl)=CCOc1cc(Cl)c(OCCCOc2ccc(/C=N/OCc3ccccc3)cc2)c(Cl)c1. The number of benzene rings is 3. The lowest BCUT2D eigenvalue weighted by molar-refractivity contribution is 0.132. The molecule has 3 rings (SSSR count). The first-order chi connectivity index (χ1) is 17.0. The fraction of sp³-hybridized carbons (Fsp3) is 0.192. The molecule has 0 fully saturated rings. The van der Waals surface area contributed by atoms with E-state index in [0.29, 0.717) is 47.8 Å². The second-order valence-electron chi connectivity index (χ2n) is 7.13. The van der Waals surface area contributed by atoms with Crippen LogP contribution in [0, 0.1) is 0 Å². The fourth-order valence-corrected chi connectivity index (χ4v) is 3.52. The molecule has 0 heterocycles. The number of nitrogens with zero attached hydrogens (tertiary/aromatic N) is 1. The second kappa shape index (κ2) is 14.7. The van der Waals surface area contributed by atoms with Gasteiger partial charge in [0.2, 0.25) is 0 Å². The van der Waals surface area contributed by atoms with Crippen LogP contribution in [0.4, 0.5) is 0 Å². The predicted octanol–water partition coefficient (Wildman–Crippen LogP) is 8.09. The Labute approximate surface area is 224 Å². The summed E-state index contributed by atoms with van der Waals surface area (Å²) in [5.41, 5.74) is 1.97. The maximum absolute atomic E-state index is 6.27. The molecule has 3 aromatic rings. The average molecular weight is 555 g/mol. The van der Waals surface area contributed by atoms with Crippen LogP contribution in [-0.2, 0) is 11.4 Å². The van der Waals surface area contributed by atoms with Gasteiger partial charge in [-0.05, 0) is 41.5 Å². The molecule has 0 amide bonds. The number of hydrogen-bond donors (Lipinski definition) is 0. The van der Waals surface area contributed by atoms with E-state index in [1.165, 1.54) is 6.08 Å². The van der Waals surface area contributed by atoms with Gasteiger partial charge >= 0.3 is 0 Å². The molecule has 0 radical (unpaired) electrons. The van der Waals surface area contributed by atoms with Crippen LogP contribution in [0.2, 0.25) is 10.0 Å². The lowest BCUT2D eigenvalue weighted by atomic mass is 10.2. The van der Waals surface area contributed by atoms with Crippen LogP contribution in [0.5, 0.6) is 17.2 Å². The molecular formula is C26H23Cl4NO4. The monoisotopic (exact) mass is 553 g/mol. The summed E-state index contributed by atoms with van der Waals surface area (Å²) in [5.74, 6) is 1.62. The minimum atomic E-state index is 0.123. The third-order valence-electron chi connectivity index (χ3n) is 4.49. The lowest BCUT2D eigenvalue weighted by Crippen LogP contribution is -2.05. The van der Waals surface area contributed by atoms with Gasteiger partial charge in [-0.1, -0.05) is 81.9 Å². The van der Waals surface area contributed by atoms with E-state index >= 15 is 0 Å². The van der Waals surface area contributed by atoms with Crippen molar-refractivity contribution in [3.63, 3.8) is 0 Å². The Balaban J connectivity index is 1.36. The summed E-state index contributed by atoms with van der Waals surface area (Å²) in [5, 5.41) is 4.69. The molecular weight excluding hydrogens is 532 g/mol. The van der Waals surface area contributed by atoms with Crippen LogP contribution in [0.1, 0.15) is 17.5 Å². The Morgan fingerprint density at radius 3 is 2.17 bits per heavy atom. The predicted molar refractivity (Wildman–Crippen MR) is 143 cm³/mol. The quantitative estimate of drug-likeness (QED) is 0.122. The molecule has 0 unspecified atom stereocenters. The average Bonchev–Trinajstić information content (AvgIpc) is 2.84. The highest BCUT2D eigenvalue weighted by Crippen LogP contribution is 2.37. The maximum atomic E-state index is 6.27. The second-order valence-corrected chi connectivity index (χ2v) is 8.96. The Morgan fingerprint density at radius 1 is 0.800 bits per heavy atom. The van der Waals surface area contributed by atoms with Crippen LogP contribution in [-0.4, -0.2) is 26.0 Å². The molecule has 0 N–H and O–H groups in total. The molecule has 0 atom stereocenters. The molecule has 0 saturated heterocycles. The van der Waals surface area contributed by atoms with Gasteiger partial charge in [0.25, 0.3) is 0 Å². The highest BCUT2D eigenvalue weighted by molar-refractivity contribution is 6.55. The molecule has 0 aliphatic heterocycles. The summed E-state index contributed by atoms with van der Waals surface area (Å²) in [6, 6.07) is 20.7. The number of rotatable bonds is 13. The van der Waals surface area contributed by atoms with Crippen molar-refractivity contribution in [3.8, 4) is 17.2 Å². The normalized spacial score (nSPS) is 10.7. The Morgan fingerprint density at radius 2 is 1.49 bits per heavy atom. The van der Waals surface area contributed by atoms with Crippen molar-refractivity contribution in [3.05, 3.63) is 98.5 Å². The lowest BCUT2D eigenvalue weighted by Gasteiger charge is -2.12. The van der Waals surface area contributed by atoms with Gasteiger partial charge in [0.15, 0.2) is 5.75 Å². The van der Waals surface area contributed by atoms with Crippen molar-refractivity contribution < 1.29 is 19.0 Å². The molecule has 3 aromatic carbocycles. The zero-order chi connectivity index (χ0) is 24.9. The van der Waals surface area contributed by atoms with E-state index in [1.54, 1.807) is 18.3 Å². The van der Waals surface area contributed by atoms with Crippen molar-refractivity contribution >= 4 is 52.6 Å². The van der Waals surface area contributed by atoms with Crippen LogP contribution in [0.25, 0.3) is 0 Å². The number of oxime groups is 1. The number of ether oxygens (including phenoxy) is 3. The first kappa shape index (κ1) is 27.0. The van der Waals surface area contributed by atoms with Crippen molar-refractivity contribution in [1.29, 1.82) is 0 Å². The van der Waals surface area contributed by atoms with E-state index in [0.717, 1.165) is 16.9 Å². The highest BCUT2D eigenvalue weighted by Gasteiger charge is 2.10. The Bertz CT molecular complexity index is 1090. The van der Waals surface area contributed by atoms with Crippen LogP contribution >= 0.6 is 46.4 Å². The van der Waals surface area contributed by atoms with Crippen LogP contribution in [0.15, 0.2) is 82.5 Å². The highest BCUT2D eigenvalue weighted by atomic mass is 35.5. The van der Waals surface area contributed by atoms with Gasteiger partial charge in [0.05, 0.1) is 29.5 Å². The van der Waals surface area contributed by atoms with Crippen molar-refractivity contribution in [2.45, 2.75) is 13.0 Å². The zero-order valence-corrected chi connectivity index (χ0v) is 21.7. The summed E-state index contributed by atoms with van der Waals surface area (Å²) in [7, 11) is 0. The molecule has 5 nitrogen and oxygen atoms in total. The summed E-state index contributed by atoms with van der Waals surface area (Å²) >= 11 is 23.6. The van der Waals surface area contributed by atoms with Gasteiger partial charge in [0.1, 0.15) is 29.2 Å². The van der Waals surface area contributed by atoms with E-state index in [4.69, 9.17) is 65.5 Å². The van der Waals surface area contributed by atoms with E-state index < -0.39 is 0 Å². The minimum Gasteiger partial charge on any atom is -0.493 e. The van der Waals surface area contributed by atoms with E-state index in [1.807, 2.05) is 54.6 Å². The summed E-state index contributed by atoms with van der Waals surface area (Å²) in [6.45, 7) is 1.47. The van der Waals surface area contributed by atoms with Gasteiger partial charge in [-0.2, -0.15) is 0 Å². The summed E-state index contributed by atoms with van der Waals surface area (Å²) < 4.78 is 17.1.